The van der Waals surface area contributed by atoms with E-state index < -0.39 is 15.8 Å². The molecule has 0 aliphatic carbocycles. The second-order valence-electron chi connectivity index (χ2n) is 5.65. The van der Waals surface area contributed by atoms with Crippen molar-refractivity contribution in [1.29, 1.82) is 0 Å². The van der Waals surface area contributed by atoms with E-state index in [2.05, 4.69) is 5.32 Å². The summed E-state index contributed by atoms with van der Waals surface area (Å²) >= 11 is 0. The Kier molecular flexibility index (Phi) is 6.57. The highest BCUT2D eigenvalue weighted by molar-refractivity contribution is 7.92. The molecule has 8 heteroatoms. The van der Waals surface area contributed by atoms with Crippen molar-refractivity contribution in [3.05, 3.63) is 59.9 Å². The van der Waals surface area contributed by atoms with Crippen LogP contribution in [-0.4, -0.2) is 34.2 Å². The summed E-state index contributed by atoms with van der Waals surface area (Å²) in [6.45, 7) is 0.0290. The van der Waals surface area contributed by atoms with Gasteiger partial charge in [-0.25, -0.2) is 12.8 Å². The van der Waals surface area contributed by atoms with Gasteiger partial charge in [0.1, 0.15) is 11.6 Å². The zero-order chi connectivity index (χ0) is 19.2. The number of methoxy groups -OCH3 is 1. The van der Waals surface area contributed by atoms with Crippen molar-refractivity contribution >= 4 is 21.6 Å². The third-order valence-electron chi connectivity index (χ3n) is 3.74. The number of carbonyl (C=O) groups is 1. The largest absolute Gasteiger partial charge is 0.497 e. The van der Waals surface area contributed by atoms with Crippen molar-refractivity contribution in [3.8, 4) is 5.75 Å². The molecule has 0 spiro atoms. The van der Waals surface area contributed by atoms with Crippen LogP contribution in [0.1, 0.15) is 12.0 Å². The number of benzene rings is 2. The molecule has 0 fully saturated rings. The van der Waals surface area contributed by atoms with Crippen LogP contribution in [-0.2, 0) is 21.4 Å². The lowest BCUT2D eigenvalue weighted by Gasteiger charge is -2.22. The monoisotopic (exact) mass is 380 g/mol. The smallest absolute Gasteiger partial charge is 0.232 e. The Hall–Kier alpha value is -2.61. The number of sulfonamides is 1. The molecule has 0 saturated carbocycles. The molecule has 0 saturated heterocycles. The van der Waals surface area contributed by atoms with E-state index in [-0.39, 0.29) is 25.4 Å². The molecule has 0 heterocycles. The first-order chi connectivity index (χ1) is 12.3. The highest BCUT2D eigenvalue weighted by atomic mass is 32.2. The van der Waals surface area contributed by atoms with Crippen molar-refractivity contribution in [3.63, 3.8) is 0 Å². The molecule has 0 bridgehead atoms. The summed E-state index contributed by atoms with van der Waals surface area (Å²) in [7, 11) is -2.04. The Morgan fingerprint density at radius 3 is 2.38 bits per heavy atom. The van der Waals surface area contributed by atoms with E-state index >= 15 is 0 Å². The van der Waals surface area contributed by atoms with Crippen LogP contribution in [0.4, 0.5) is 10.1 Å². The van der Waals surface area contributed by atoms with Gasteiger partial charge in [0.2, 0.25) is 15.9 Å². The average Bonchev–Trinajstić information content (AvgIpc) is 2.60. The first-order valence-electron chi connectivity index (χ1n) is 7.93. The Balaban J connectivity index is 1.98. The molecule has 2 aromatic carbocycles. The predicted octanol–water partition coefficient (Wildman–Crippen LogP) is 2.31. The first kappa shape index (κ1) is 19.7. The molecule has 0 aliphatic heterocycles. The summed E-state index contributed by atoms with van der Waals surface area (Å²) in [5.74, 6) is -0.163. The lowest BCUT2D eigenvalue weighted by molar-refractivity contribution is -0.121. The lowest BCUT2D eigenvalue weighted by Crippen LogP contribution is -2.34. The Morgan fingerprint density at radius 1 is 1.15 bits per heavy atom. The first-order valence-corrected chi connectivity index (χ1v) is 9.78. The minimum absolute atomic E-state index is 0.0196. The number of halogens is 1. The maximum atomic E-state index is 13.5. The number of hydrogen-bond donors (Lipinski definition) is 1. The van der Waals surface area contributed by atoms with Gasteiger partial charge in [-0.1, -0.05) is 18.2 Å². The van der Waals surface area contributed by atoms with Gasteiger partial charge < -0.3 is 10.1 Å². The minimum Gasteiger partial charge on any atom is -0.497 e. The van der Waals surface area contributed by atoms with E-state index in [1.54, 1.807) is 42.5 Å². The quantitative estimate of drug-likeness (QED) is 0.763. The average molecular weight is 380 g/mol. The second-order valence-corrected chi connectivity index (χ2v) is 7.56. The van der Waals surface area contributed by atoms with Crippen molar-refractivity contribution in [2.24, 2.45) is 0 Å². The molecule has 140 valence electrons. The van der Waals surface area contributed by atoms with Gasteiger partial charge in [-0.2, -0.15) is 0 Å². The number of anilines is 1. The molecule has 0 aliphatic rings. The normalized spacial score (nSPS) is 11.0. The molecule has 1 N–H and O–H groups in total. The standard InChI is InChI=1S/C18H21FN2O4S/c1-25-16-9-7-15(8-10-16)21(26(2,23)24)12-11-18(22)20-13-14-5-3-4-6-17(14)19/h3-10H,11-13H2,1-2H3,(H,20,22). The summed E-state index contributed by atoms with van der Waals surface area (Å²) in [4.78, 5) is 12.0. The molecule has 6 nitrogen and oxygen atoms in total. The fourth-order valence-electron chi connectivity index (χ4n) is 2.36. The number of nitrogens with zero attached hydrogens (tertiary/aromatic N) is 1. The molecular formula is C18H21FN2O4S. The number of ether oxygens (including phenoxy) is 1. The zero-order valence-electron chi connectivity index (χ0n) is 14.6. The highest BCUT2D eigenvalue weighted by Gasteiger charge is 2.18. The van der Waals surface area contributed by atoms with Crippen molar-refractivity contribution in [2.75, 3.05) is 24.2 Å². The number of rotatable bonds is 8. The molecule has 0 atom stereocenters. The molecule has 0 unspecified atom stereocenters. The van der Waals surface area contributed by atoms with Gasteiger partial charge in [0, 0.05) is 25.1 Å². The Labute approximate surface area is 152 Å². The van der Waals surface area contributed by atoms with Crippen LogP contribution in [0.15, 0.2) is 48.5 Å². The van der Waals surface area contributed by atoms with Gasteiger partial charge in [-0.3, -0.25) is 9.10 Å². The summed E-state index contributed by atoms with van der Waals surface area (Å²) in [5, 5.41) is 2.60. The van der Waals surface area contributed by atoms with Crippen LogP contribution in [0.2, 0.25) is 0 Å². The van der Waals surface area contributed by atoms with E-state index in [9.17, 15) is 17.6 Å². The van der Waals surface area contributed by atoms with Gasteiger partial charge in [0.25, 0.3) is 0 Å². The molecule has 2 aromatic rings. The number of nitrogens with one attached hydrogen (secondary N) is 1. The maximum Gasteiger partial charge on any atom is 0.232 e. The van der Waals surface area contributed by atoms with Crippen LogP contribution in [0, 0.1) is 5.82 Å². The molecule has 1 amide bonds. The Morgan fingerprint density at radius 2 is 1.81 bits per heavy atom. The van der Waals surface area contributed by atoms with Gasteiger partial charge in [-0.05, 0) is 30.3 Å². The van der Waals surface area contributed by atoms with Crippen LogP contribution in [0.3, 0.4) is 0 Å². The van der Waals surface area contributed by atoms with Gasteiger partial charge >= 0.3 is 0 Å². The van der Waals surface area contributed by atoms with Crippen molar-refractivity contribution in [1.82, 2.24) is 5.32 Å². The molecular weight excluding hydrogens is 359 g/mol. The van der Waals surface area contributed by atoms with E-state index in [0.29, 0.717) is 17.0 Å². The fourth-order valence-corrected chi connectivity index (χ4v) is 3.29. The maximum absolute atomic E-state index is 13.5. The van der Waals surface area contributed by atoms with Crippen molar-refractivity contribution < 1.29 is 22.3 Å². The molecule has 0 aromatic heterocycles. The molecule has 0 radical (unpaired) electrons. The molecule has 26 heavy (non-hydrogen) atoms. The van der Waals surface area contributed by atoms with E-state index in [1.807, 2.05) is 0 Å². The third kappa shape index (κ3) is 5.45. The van der Waals surface area contributed by atoms with Crippen LogP contribution in [0.25, 0.3) is 0 Å². The van der Waals surface area contributed by atoms with E-state index in [1.165, 1.54) is 13.2 Å². The minimum atomic E-state index is -3.55. The summed E-state index contributed by atoms with van der Waals surface area (Å²) < 4.78 is 43.8. The predicted molar refractivity (Wildman–Crippen MR) is 98.0 cm³/mol. The lowest BCUT2D eigenvalue weighted by atomic mass is 10.2. The number of carbonyl (C=O) groups excluding carboxylic acids is 1. The fraction of sp³-hybridized carbons (Fsp3) is 0.278. The van der Waals surface area contributed by atoms with Crippen LogP contribution in [0.5, 0.6) is 5.75 Å². The highest BCUT2D eigenvalue weighted by Crippen LogP contribution is 2.21. The van der Waals surface area contributed by atoms with Gasteiger partial charge in [0.05, 0.1) is 19.1 Å². The topological polar surface area (TPSA) is 75.7 Å². The van der Waals surface area contributed by atoms with Gasteiger partial charge in [-0.15, -0.1) is 0 Å². The second kappa shape index (κ2) is 8.66. The SMILES string of the molecule is COc1ccc(N(CCC(=O)NCc2ccccc2F)S(C)(=O)=O)cc1. The molecule has 2 rings (SSSR count). The summed E-state index contributed by atoms with van der Waals surface area (Å²) in [5.41, 5.74) is 0.811. The van der Waals surface area contributed by atoms with Crippen LogP contribution < -0.4 is 14.4 Å². The van der Waals surface area contributed by atoms with Gasteiger partial charge in [0.15, 0.2) is 0 Å². The van der Waals surface area contributed by atoms with Crippen molar-refractivity contribution in [2.45, 2.75) is 13.0 Å². The van der Waals surface area contributed by atoms with Crippen LogP contribution >= 0.6 is 0 Å². The summed E-state index contributed by atoms with van der Waals surface area (Å²) in [6.07, 6.45) is 1.03. The third-order valence-corrected chi connectivity index (χ3v) is 4.93. The van der Waals surface area contributed by atoms with E-state index in [4.69, 9.17) is 4.74 Å². The summed E-state index contributed by atoms with van der Waals surface area (Å²) in [6, 6.07) is 12.7. The Bertz CT molecular complexity index is 854. The van der Waals surface area contributed by atoms with E-state index in [0.717, 1.165) is 10.6 Å². The number of hydrogen-bond acceptors (Lipinski definition) is 4. The zero-order valence-corrected chi connectivity index (χ0v) is 15.4. The number of amides is 1.